The summed E-state index contributed by atoms with van der Waals surface area (Å²) < 4.78 is 25.0. The Morgan fingerprint density at radius 2 is 1.09 bits per heavy atom. The zero-order chi connectivity index (χ0) is 15.2. The molecule has 1 atom stereocenters. The monoisotopic (exact) mass is 294 g/mol. The maximum Gasteiger partial charge on any atom is 0.264 e. The fourth-order valence-electron chi connectivity index (χ4n) is 2.00. The van der Waals surface area contributed by atoms with E-state index in [1.807, 2.05) is 36.4 Å². The molecule has 2 nitrogen and oxygen atoms in total. The number of hydrogen-bond acceptors (Lipinski definition) is 2. The van der Waals surface area contributed by atoms with Gasteiger partial charge in [-0.3, -0.25) is 0 Å². The minimum Gasteiger partial charge on any atom is -0.457 e. The molecular weight excluding hydrogens is 279 g/mol. The lowest BCUT2D eigenvalue weighted by Gasteiger charge is -2.12. The van der Waals surface area contributed by atoms with Gasteiger partial charge in [0, 0.05) is 5.56 Å². The van der Waals surface area contributed by atoms with E-state index in [0.29, 0.717) is 17.1 Å². The average Bonchev–Trinajstić information content (AvgIpc) is 2.58. The van der Waals surface area contributed by atoms with Crippen molar-refractivity contribution < 1.29 is 13.9 Å². The molecule has 0 aromatic heterocycles. The van der Waals surface area contributed by atoms with Crippen LogP contribution in [0.3, 0.4) is 0 Å². The van der Waals surface area contributed by atoms with E-state index in [1.54, 1.807) is 48.5 Å². The molecule has 0 N–H and O–H groups in total. The van der Waals surface area contributed by atoms with Crippen molar-refractivity contribution in [3.8, 4) is 17.2 Å². The van der Waals surface area contributed by atoms with E-state index in [0.717, 1.165) is 5.75 Å². The second-order valence-corrected chi connectivity index (χ2v) is 4.73. The average molecular weight is 294 g/mol. The minimum atomic E-state index is -1.48. The maximum absolute atomic E-state index is 14.0. The van der Waals surface area contributed by atoms with Crippen molar-refractivity contribution in [2.45, 2.75) is 6.36 Å². The molecule has 1 unspecified atom stereocenters. The first-order valence-electron chi connectivity index (χ1n) is 7.00. The van der Waals surface area contributed by atoms with Crippen LogP contribution in [-0.2, 0) is 0 Å². The van der Waals surface area contributed by atoms with Crippen LogP contribution < -0.4 is 9.47 Å². The van der Waals surface area contributed by atoms with Gasteiger partial charge in [0.25, 0.3) is 6.36 Å². The van der Waals surface area contributed by atoms with Gasteiger partial charge in [0.15, 0.2) is 0 Å². The van der Waals surface area contributed by atoms with Gasteiger partial charge in [-0.1, -0.05) is 48.5 Å². The number of rotatable bonds is 5. The highest BCUT2D eigenvalue weighted by Crippen LogP contribution is 2.27. The number of benzene rings is 3. The van der Waals surface area contributed by atoms with Crippen molar-refractivity contribution in [2.75, 3.05) is 0 Å². The molecule has 0 spiro atoms. The second-order valence-electron chi connectivity index (χ2n) is 4.73. The highest BCUT2D eigenvalue weighted by molar-refractivity contribution is 5.35. The lowest BCUT2D eigenvalue weighted by Crippen LogP contribution is -2.01. The smallest absolute Gasteiger partial charge is 0.264 e. The highest BCUT2D eigenvalue weighted by atomic mass is 19.1. The van der Waals surface area contributed by atoms with Crippen LogP contribution in [0.25, 0.3) is 0 Å². The summed E-state index contributed by atoms with van der Waals surface area (Å²) in [6, 6.07) is 25.1. The number of para-hydroxylation sites is 1. The molecule has 3 aromatic carbocycles. The Labute approximate surface area is 128 Å². The van der Waals surface area contributed by atoms with Gasteiger partial charge in [-0.2, -0.15) is 4.39 Å². The third-order valence-electron chi connectivity index (χ3n) is 3.10. The summed E-state index contributed by atoms with van der Waals surface area (Å²) in [5, 5.41) is 0. The van der Waals surface area contributed by atoms with Gasteiger partial charge in [-0.25, -0.2) is 0 Å². The Morgan fingerprint density at radius 1 is 0.591 bits per heavy atom. The van der Waals surface area contributed by atoms with E-state index in [2.05, 4.69) is 0 Å². The van der Waals surface area contributed by atoms with E-state index in [1.165, 1.54) is 0 Å². The summed E-state index contributed by atoms with van der Waals surface area (Å²) in [4.78, 5) is 0. The molecule has 3 rings (SSSR count). The third-order valence-corrected chi connectivity index (χ3v) is 3.10. The lowest BCUT2D eigenvalue weighted by molar-refractivity contribution is 0.0671. The molecule has 22 heavy (non-hydrogen) atoms. The van der Waals surface area contributed by atoms with Gasteiger partial charge in [0.1, 0.15) is 17.2 Å². The van der Waals surface area contributed by atoms with Gasteiger partial charge in [-0.05, 0) is 36.4 Å². The van der Waals surface area contributed by atoms with E-state index in [9.17, 15) is 4.39 Å². The van der Waals surface area contributed by atoms with Crippen LogP contribution in [0.2, 0.25) is 0 Å². The topological polar surface area (TPSA) is 18.5 Å². The second kappa shape index (κ2) is 6.76. The Morgan fingerprint density at radius 3 is 1.73 bits per heavy atom. The van der Waals surface area contributed by atoms with Gasteiger partial charge in [0.2, 0.25) is 0 Å². The van der Waals surface area contributed by atoms with E-state index in [-0.39, 0.29) is 0 Å². The molecule has 0 aliphatic carbocycles. The first kappa shape index (κ1) is 14.1. The molecule has 3 aromatic rings. The molecular formula is C19H15FO2. The minimum absolute atomic E-state index is 0.455. The standard InChI is InChI=1S/C19H15FO2/c20-19(15-7-3-1-4-8-15)22-18-13-11-17(12-14-18)21-16-9-5-2-6-10-16/h1-14,19H. The molecule has 0 aliphatic rings. The quantitative estimate of drug-likeness (QED) is 0.616. The van der Waals surface area contributed by atoms with Crippen molar-refractivity contribution in [3.05, 3.63) is 90.5 Å². The van der Waals surface area contributed by atoms with Crippen LogP contribution in [0, 0.1) is 0 Å². The molecule has 0 bridgehead atoms. The molecule has 0 fully saturated rings. The molecule has 0 radical (unpaired) electrons. The zero-order valence-electron chi connectivity index (χ0n) is 11.9. The molecule has 3 heteroatoms. The Kier molecular flexibility index (Phi) is 4.35. The highest BCUT2D eigenvalue weighted by Gasteiger charge is 2.10. The van der Waals surface area contributed by atoms with Crippen LogP contribution in [0.15, 0.2) is 84.9 Å². The van der Waals surface area contributed by atoms with Crippen molar-refractivity contribution in [1.29, 1.82) is 0 Å². The largest absolute Gasteiger partial charge is 0.457 e. The van der Waals surface area contributed by atoms with Crippen LogP contribution >= 0.6 is 0 Å². The summed E-state index contributed by atoms with van der Waals surface area (Å²) in [5.41, 5.74) is 0.493. The molecule has 110 valence electrons. The van der Waals surface area contributed by atoms with E-state index in [4.69, 9.17) is 9.47 Å². The third kappa shape index (κ3) is 3.64. The predicted octanol–water partition coefficient (Wildman–Crippen LogP) is 5.53. The number of ether oxygens (including phenoxy) is 2. The van der Waals surface area contributed by atoms with Gasteiger partial charge < -0.3 is 9.47 Å². The summed E-state index contributed by atoms with van der Waals surface area (Å²) in [6.07, 6.45) is -1.48. The lowest BCUT2D eigenvalue weighted by atomic mass is 10.2. The van der Waals surface area contributed by atoms with Crippen LogP contribution in [0.1, 0.15) is 11.9 Å². The molecule has 0 saturated carbocycles. The Bertz CT molecular complexity index is 697. The molecule has 0 aliphatic heterocycles. The van der Waals surface area contributed by atoms with Crippen molar-refractivity contribution >= 4 is 0 Å². The van der Waals surface area contributed by atoms with Crippen molar-refractivity contribution in [1.82, 2.24) is 0 Å². The molecule has 0 saturated heterocycles. The molecule has 0 heterocycles. The zero-order valence-corrected chi connectivity index (χ0v) is 11.9. The van der Waals surface area contributed by atoms with Gasteiger partial charge in [-0.15, -0.1) is 0 Å². The summed E-state index contributed by atoms with van der Waals surface area (Å²) in [5.74, 6) is 1.88. The number of hydrogen-bond donors (Lipinski definition) is 0. The fraction of sp³-hybridized carbons (Fsp3) is 0.0526. The van der Waals surface area contributed by atoms with Gasteiger partial charge in [0.05, 0.1) is 0 Å². The fourth-order valence-corrected chi connectivity index (χ4v) is 2.00. The SMILES string of the molecule is FC(Oc1ccc(Oc2ccccc2)cc1)c1ccccc1. The Balaban J connectivity index is 1.64. The summed E-state index contributed by atoms with van der Waals surface area (Å²) in [7, 11) is 0. The first-order valence-corrected chi connectivity index (χ1v) is 7.00. The number of halogens is 1. The maximum atomic E-state index is 14.0. The van der Waals surface area contributed by atoms with Crippen molar-refractivity contribution in [3.63, 3.8) is 0 Å². The van der Waals surface area contributed by atoms with Crippen molar-refractivity contribution in [2.24, 2.45) is 0 Å². The predicted molar refractivity (Wildman–Crippen MR) is 83.9 cm³/mol. The van der Waals surface area contributed by atoms with Crippen LogP contribution in [-0.4, -0.2) is 0 Å². The Hall–Kier alpha value is -2.81. The summed E-state index contributed by atoms with van der Waals surface area (Å²) >= 11 is 0. The normalized spacial score (nSPS) is 11.7. The van der Waals surface area contributed by atoms with E-state index < -0.39 is 6.36 Å². The van der Waals surface area contributed by atoms with E-state index >= 15 is 0 Å². The summed E-state index contributed by atoms with van der Waals surface area (Å²) in [6.45, 7) is 0. The first-order chi connectivity index (χ1) is 10.8. The van der Waals surface area contributed by atoms with Crippen LogP contribution in [0.5, 0.6) is 17.2 Å². The van der Waals surface area contributed by atoms with Crippen LogP contribution in [0.4, 0.5) is 4.39 Å². The number of alkyl halides is 1. The van der Waals surface area contributed by atoms with Gasteiger partial charge >= 0.3 is 0 Å². The molecule has 0 amide bonds.